The van der Waals surface area contributed by atoms with Crippen LogP contribution >= 0.6 is 0 Å². The second-order valence-electron chi connectivity index (χ2n) is 4.23. The molecule has 1 rings (SSSR count). The number of hydrogen-bond acceptors (Lipinski definition) is 4. The van der Waals surface area contributed by atoms with Crippen molar-refractivity contribution in [3.8, 4) is 0 Å². The molecule has 0 saturated heterocycles. The number of carbonyl (C=O) groups is 1. The fourth-order valence-electron chi connectivity index (χ4n) is 1.63. The monoisotopic (exact) mass is 237 g/mol. The van der Waals surface area contributed by atoms with Gasteiger partial charge in [0.2, 0.25) is 5.95 Å². The maximum absolute atomic E-state index is 10.9. The summed E-state index contributed by atoms with van der Waals surface area (Å²) in [5, 5.41) is 8.93. The Morgan fingerprint density at radius 2 is 1.94 bits per heavy atom. The van der Waals surface area contributed by atoms with Crippen LogP contribution in [-0.4, -0.2) is 33.6 Å². The second-order valence-corrected chi connectivity index (χ2v) is 4.23. The smallest absolute Gasteiger partial charge is 0.323 e. The second kappa shape index (κ2) is 5.61. The van der Waals surface area contributed by atoms with Gasteiger partial charge in [0.15, 0.2) is 0 Å². The van der Waals surface area contributed by atoms with Crippen molar-refractivity contribution in [3.63, 3.8) is 0 Å². The Hall–Kier alpha value is -1.65. The van der Waals surface area contributed by atoms with Crippen molar-refractivity contribution in [1.82, 2.24) is 9.97 Å². The summed E-state index contributed by atoms with van der Waals surface area (Å²) in [7, 11) is 0. The van der Waals surface area contributed by atoms with Gasteiger partial charge in [-0.3, -0.25) is 4.79 Å². The quantitative estimate of drug-likeness (QED) is 0.845. The summed E-state index contributed by atoms with van der Waals surface area (Å²) in [6.07, 6.45) is 0.851. The molecular formula is C12H19N3O2. The molecule has 94 valence electrons. The van der Waals surface area contributed by atoms with Crippen molar-refractivity contribution in [2.24, 2.45) is 0 Å². The fourth-order valence-corrected chi connectivity index (χ4v) is 1.63. The molecule has 5 heteroatoms. The molecule has 0 amide bonds. The molecule has 0 aliphatic rings. The van der Waals surface area contributed by atoms with Crippen LogP contribution in [0.2, 0.25) is 0 Å². The number of aryl methyl sites for hydroxylation is 2. The Bertz CT molecular complexity index is 386. The number of nitrogens with zero attached hydrogens (tertiary/aromatic N) is 3. The molecule has 0 bridgehead atoms. The summed E-state index contributed by atoms with van der Waals surface area (Å²) < 4.78 is 0. The molecule has 1 atom stereocenters. The van der Waals surface area contributed by atoms with Crippen molar-refractivity contribution in [1.29, 1.82) is 0 Å². The van der Waals surface area contributed by atoms with E-state index in [9.17, 15) is 4.79 Å². The number of anilines is 1. The molecule has 0 aromatic carbocycles. The molecule has 17 heavy (non-hydrogen) atoms. The van der Waals surface area contributed by atoms with Gasteiger partial charge in [0.1, 0.15) is 6.54 Å². The van der Waals surface area contributed by atoms with Gasteiger partial charge in [-0.25, -0.2) is 9.97 Å². The number of aliphatic carboxylic acids is 1. The van der Waals surface area contributed by atoms with Crippen molar-refractivity contribution >= 4 is 11.9 Å². The zero-order chi connectivity index (χ0) is 13.0. The van der Waals surface area contributed by atoms with Crippen LogP contribution in [0.1, 0.15) is 31.7 Å². The summed E-state index contributed by atoms with van der Waals surface area (Å²) >= 11 is 0. The minimum atomic E-state index is -0.868. The van der Waals surface area contributed by atoms with E-state index in [1.807, 2.05) is 33.8 Å². The van der Waals surface area contributed by atoms with Gasteiger partial charge in [0.05, 0.1) is 0 Å². The lowest BCUT2D eigenvalue weighted by Gasteiger charge is -2.27. The number of carboxylic acid groups (broad SMARTS) is 1. The van der Waals surface area contributed by atoms with Crippen molar-refractivity contribution in [3.05, 3.63) is 17.5 Å². The first-order valence-electron chi connectivity index (χ1n) is 5.74. The summed E-state index contributed by atoms with van der Waals surface area (Å²) in [4.78, 5) is 21.2. The molecule has 5 nitrogen and oxygen atoms in total. The van der Waals surface area contributed by atoms with Gasteiger partial charge in [-0.2, -0.15) is 0 Å². The number of rotatable bonds is 5. The number of carboxylic acids is 1. The average molecular weight is 237 g/mol. The largest absolute Gasteiger partial charge is 0.480 e. The highest BCUT2D eigenvalue weighted by Crippen LogP contribution is 2.14. The van der Waals surface area contributed by atoms with E-state index in [0.717, 1.165) is 17.8 Å². The van der Waals surface area contributed by atoms with E-state index in [2.05, 4.69) is 9.97 Å². The van der Waals surface area contributed by atoms with Gasteiger partial charge < -0.3 is 10.0 Å². The standard InChI is InChI=1S/C12H19N3O2/c1-5-10(4)15(7-11(16)17)12-13-8(2)6-9(3)14-12/h6,10H,5,7H2,1-4H3,(H,16,17). The molecule has 0 fully saturated rings. The van der Waals surface area contributed by atoms with Gasteiger partial charge in [0, 0.05) is 17.4 Å². The van der Waals surface area contributed by atoms with Crippen LogP contribution in [0, 0.1) is 13.8 Å². The third kappa shape index (κ3) is 3.69. The van der Waals surface area contributed by atoms with Gasteiger partial charge in [-0.05, 0) is 33.3 Å². The molecule has 1 aromatic heterocycles. The normalized spacial score (nSPS) is 12.2. The van der Waals surface area contributed by atoms with Gasteiger partial charge in [-0.15, -0.1) is 0 Å². The molecule has 0 aliphatic carbocycles. The first-order valence-corrected chi connectivity index (χ1v) is 5.74. The molecule has 0 saturated carbocycles. The van der Waals surface area contributed by atoms with E-state index in [1.54, 1.807) is 4.90 Å². The number of hydrogen-bond donors (Lipinski definition) is 1. The van der Waals surface area contributed by atoms with E-state index >= 15 is 0 Å². The summed E-state index contributed by atoms with van der Waals surface area (Å²) in [5.74, 6) is -0.368. The van der Waals surface area contributed by atoms with E-state index in [4.69, 9.17) is 5.11 Å². The molecular weight excluding hydrogens is 218 g/mol. The van der Waals surface area contributed by atoms with Gasteiger partial charge in [0.25, 0.3) is 0 Å². The molecule has 0 spiro atoms. The Kier molecular flexibility index (Phi) is 4.43. The van der Waals surface area contributed by atoms with Crippen LogP contribution in [-0.2, 0) is 4.79 Å². The molecule has 1 heterocycles. The zero-order valence-corrected chi connectivity index (χ0v) is 10.8. The van der Waals surface area contributed by atoms with Gasteiger partial charge >= 0.3 is 5.97 Å². The summed E-state index contributed by atoms with van der Waals surface area (Å²) in [6, 6.07) is 1.98. The van der Waals surface area contributed by atoms with Crippen molar-refractivity contribution in [2.75, 3.05) is 11.4 Å². The van der Waals surface area contributed by atoms with Crippen LogP contribution in [0.4, 0.5) is 5.95 Å². The summed E-state index contributed by atoms with van der Waals surface area (Å²) in [6.45, 7) is 7.69. The summed E-state index contributed by atoms with van der Waals surface area (Å²) in [5.41, 5.74) is 1.71. The van der Waals surface area contributed by atoms with E-state index < -0.39 is 5.97 Å². The highest BCUT2D eigenvalue weighted by molar-refractivity contribution is 5.72. The highest BCUT2D eigenvalue weighted by atomic mass is 16.4. The molecule has 0 radical (unpaired) electrons. The Balaban J connectivity index is 3.07. The lowest BCUT2D eigenvalue weighted by atomic mass is 10.2. The van der Waals surface area contributed by atoms with Crippen LogP contribution < -0.4 is 4.90 Å². The third-order valence-corrected chi connectivity index (χ3v) is 2.66. The Morgan fingerprint density at radius 1 is 1.41 bits per heavy atom. The highest BCUT2D eigenvalue weighted by Gasteiger charge is 2.19. The predicted molar refractivity (Wildman–Crippen MR) is 66.2 cm³/mol. The molecule has 0 aliphatic heterocycles. The fraction of sp³-hybridized carbons (Fsp3) is 0.583. The van der Waals surface area contributed by atoms with Crippen LogP contribution in [0.25, 0.3) is 0 Å². The minimum absolute atomic E-state index is 0.0715. The van der Waals surface area contributed by atoms with Gasteiger partial charge in [-0.1, -0.05) is 6.92 Å². The van der Waals surface area contributed by atoms with Crippen molar-refractivity contribution in [2.45, 2.75) is 40.2 Å². The predicted octanol–water partition coefficient (Wildman–Crippen LogP) is 1.78. The van der Waals surface area contributed by atoms with E-state index in [0.29, 0.717) is 5.95 Å². The third-order valence-electron chi connectivity index (χ3n) is 2.66. The Labute approximate surface area is 102 Å². The molecule has 1 N–H and O–H groups in total. The first-order chi connectivity index (χ1) is 7.93. The van der Waals surface area contributed by atoms with E-state index in [1.165, 1.54) is 0 Å². The lowest BCUT2D eigenvalue weighted by molar-refractivity contribution is -0.135. The molecule has 1 unspecified atom stereocenters. The first kappa shape index (κ1) is 13.4. The maximum atomic E-state index is 10.9. The van der Waals surface area contributed by atoms with Crippen molar-refractivity contribution < 1.29 is 9.90 Å². The SMILES string of the molecule is CCC(C)N(CC(=O)O)c1nc(C)cc(C)n1. The molecule has 1 aromatic rings. The zero-order valence-electron chi connectivity index (χ0n) is 10.8. The minimum Gasteiger partial charge on any atom is -0.480 e. The van der Waals surface area contributed by atoms with Crippen LogP contribution in [0.5, 0.6) is 0 Å². The maximum Gasteiger partial charge on any atom is 0.323 e. The Morgan fingerprint density at radius 3 is 2.35 bits per heavy atom. The topological polar surface area (TPSA) is 66.3 Å². The van der Waals surface area contributed by atoms with Crippen LogP contribution in [0.3, 0.4) is 0 Å². The van der Waals surface area contributed by atoms with Crippen LogP contribution in [0.15, 0.2) is 6.07 Å². The number of aromatic nitrogens is 2. The van der Waals surface area contributed by atoms with E-state index in [-0.39, 0.29) is 12.6 Å². The average Bonchev–Trinajstić information content (AvgIpc) is 2.23. The lowest BCUT2D eigenvalue weighted by Crippen LogP contribution is -2.38.